The number of likely N-dealkylation sites (tertiary alicyclic amines) is 1. The first-order chi connectivity index (χ1) is 9.22. The van der Waals surface area contributed by atoms with Crippen molar-refractivity contribution in [2.75, 3.05) is 20.2 Å². The summed E-state index contributed by atoms with van der Waals surface area (Å²) in [5, 5.41) is 9.10. The topological polar surface area (TPSA) is 49.8 Å². The minimum atomic E-state index is -0.719. The van der Waals surface area contributed by atoms with Crippen LogP contribution in [0.2, 0.25) is 0 Å². The fourth-order valence-electron chi connectivity index (χ4n) is 2.44. The average molecular weight is 261 g/mol. The van der Waals surface area contributed by atoms with Crippen LogP contribution in [0.1, 0.15) is 18.4 Å². The number of para-hydroxylation sites is 1. The molecule has 0 radical (unpaired) electrons. The van der Waals surface area contributed by atoms with E-state index < -0.39 is 5.97 Å². The van der Waals surface area contributed by atoms with E-state index in [1.807, 2.05) is 41.3 Å². The van der Waals surface area contributed by atoms with Gasteiger partial charge in [-0.3, -0.25) is 9.69 Å². The zero-order valence-corrected chi connectivity index (χ0v) is 11.1. The Labute approximate surface area is 113 Å². The van der Waals surface area contributed by atoms with Gasteiger partial charge in [-0.25, -0.2) is 0 Å². The third kappa shape index (κ3) is 3.35. The van der Waals surface area contributed by atoms with Gasteiger partial charge in [-0.05, 0) is 25.5 Å². The SMILES string of the molecule is COc1ccccc1/C=C/CN1CCCC1C(=O)O. The van der Waals surface area contributed by atoms with E-state index in [1.165, 1.54) is 0 Å². The van der Waals surface area contributed by atoms with Crippen molar-refractivity contribution in [1.29, 1.82) is 0 Å². The van der Waals surface area contributed by atoms with Crippen LogP contribution in [0.4, 0.5) is 0 Å². The number of benzene rings is 1. The summed E-state index contributed by atoms with van der Waals surface area (Å²) >= 11 is 0. The second kappa shape index (κ2) is 6.38. The second-order valence-electron chi connectivity index (χ2n) is 4.64. The maximum Gasteiger partial charge on any atom is 0.320 e. The van der Waals surface area contributed by atoms with E-state index in [0.29, 0.717) is 6.54 Å². The maximum absolute atomic E-state index is 11.1. The van der Waals surface area contributed by atoms with Crippen LogP contribution in [0.15, 0.2) is 30.3 Å². The monoisotopic (exact) mass is 261 g/mol. The van der Waals surface area contributed by atoms with E-state index in [1.54, 1.807) is 7.11 Å². The molecule has 1 heterocycles. The first kappa shape index (κ1) is 13.6. The molecule has 0 amide bonds. The first-order valence-electron chi connectivity index (χ1n) is 6.49. The van der Waals surface area contributed by atoms with Gasteiger partial charge in [-0.15, -0.1) is 0 Å². The molecule has 1 aliphatic heterocycles. The minimum absolute atomic E-state index is 0.331. The van der Waals surface area contributed by atoms with E-state index >= 15 is 0 Å². The lowest BCUT2D eigenvalue weighted by Crippen LogP contribution is -2.35. The van der Waals surface area contributed by atoms with Crippen LogP contribution < -0.4 is 4.74 Å². The number of aliphatic carboxylic acids is 1. The summed E-state index contributed by atoms with van der Waals surface area (Å²) in [7, 11) is 1.65. The molecule has 1 atom stereocenters. The Balaban J connectivity index is 1.98. The predicted octanol–water partition coefficient (Wildman–Crippen LogP) is 2.26. The van der Waals surface area contributed by atoms with E-state index in [2.05, 4.69) is 0 Å². The molecule has 0 saturated carbocycles. The molecule has 102 valence electrons. The summed E-state index contributed by atoms with van der Waals surface area (Å²) in [5.74, 6) is 0.109. The van der Waals surface area contributed by atoms with Gasteiger partial charge < -0.3 is 9.84 Å². The van der Waals surface area contributed by atoms with Crippen molar-refractivity contribution < 1.29 is 14.6 Å². The van der Waals surface area contributed by atoms with Gasteiger partial charge in [0.2, 0.25) is 0 Å². The van der Waals surface area contributed by atoms with Gasteiger partial charge in [-0.1, -0.05) is 30.4 Å². The van der Waals surface area contributed by atoms with Crippen LogP contribution in [0, 0.1) is 0 Å². The average Bonchev–Trinajstić information content (AvgIpc) is 2.88. The molecule has 1 fully saturated rings. The number of carboxylic acid groups (broad SMARTS) is 1. The molecular formula is C15H19NO3. The molecule has 0 bridgehead atoms. The third-order valence-corrected chi connectivity index (χ3v) is 3.42. The summed E-state index contributed by atoms with van der Waals surface area (Å²) in [6.45, 7) is 1.52. The van der Waals surface area contributed by atoms with Gasteiger partial charge in [-0.2, -0.15) is 0 Å². The zero-order chi connectivity index (χ0) is 13.7. The van der Waals surface area contributed by atoms with Crippen molar-refractivity contribution in [3.63, 3.8) is 0 Å². The number of methoxy groups -OCH3 is 1. The number of hydrogen-bond donors (Lipinski definition) is 1. The van der Waals surface area contributed by atoms with E-state index in [-0.39, 0.29) is 6.04 Å². The molecule has 1 N–H and O–H groups in total. The van der Waals surface area contributed by atoms with E-state index in [9.17, 15) is 4.79 Å². The van der Waals surface area contributed by atoms with Crippen molar-refractivity contribution >= 4 is 12.0 Å². The number of ether oxygens (including phenoxy) is 1. The number of carbonyl (C=O) groups is 1. The zero-order valence-electron chi connectivity index (χ0n) is 11.1. The van der Waals surface area contributed by atoms with Crippen molar-refractivity contribution in [2.24, 2.45) is 0 Å². The van der Waals surface area contributed by atoms with Crippen molar-refractivity contribution in [3.05, 3.63) is 35.9 Å². The fraction of sp³-hybridized carbons (Fsp3) is 0.400. The van der Waals surface area contributed by atoms with Gasteiger partial charge in [0, 0.05) is 12.1 Å². The molecule has 19 heavy (non-hydrogen) atoms. The molecule has 0 spiro atoms. The van der Waals surface area contributed by atoms with Gasteiger partial charge in [0.1, 0.15) is 11.8 Å². The molecule has 1 saturated heterocycles. The fourth-order valence-corrected chi connectivity index (χ4v) is 2.44. The molecule has 4 nitrogen and oxygen atoms in total. The minimum Gasteiger partial charge on any atom is -0.496 e. The lowest BCUT2D eigenvalue weighted by Gasteiger charge is -2.18. The number of rotatable bonds is 5. The Morgan fingerprint density at radius 1 is 1.53 bits per heavy atom. The summed E-state index contributed by atoms with van der Waals surface area (Å²) in [5.41, 5.74) is 1.01. The smallest absolute Gasteiger partial charge is 0.320 e. The van der Waals surface area contributed by atoms with Crippen LogP contribution in [-0.4, -0.2) is 42.2 Å². The number of nitrogens with zero attached hydrogens (tertiary/aromatic N) is 1. The Morgan fingerprint density at radius 2 is 2.32 bits per heavy atom. The molecule has 0 aromatic heterocycles. The number of carboxylic acids is 1. The van der Waals surface area contributed by atoms with Gasteiger partial charge in [0.05, 0.1) is 7.11 Å². The van der Waals surface area contributed by atoms with E-state index in [4.69, 9.17) is 9.84 Å². The van der Waals surface area contributed by atoms with Crippen LogP contribution in [0.5, 0.6) is 5.75 Å². The maximum atomic E-state index is 11.1. The second-order valence-corrected chi connectivity index (χ2v) is 4.64. The third-order valence-electron chi connectivity index (χ3n) is 3.42. The Hall–Kier alpha value is -1.81. The highest BCUT2D eigenvalue weighted by atomic mass is 16.5. The first-order valence-corrected chi connectivity index (χ1v) is 6.49. The normalized spacial score (nSPS) is 19.9. The van der Waals surface area contributed by atoms with E-state index in [0.717, 1.165) is 30.7 Å². The van der Waals surface area contributed by atoms with Crippen molar-refractivity contribution in [3.8, 4) is 5.75 Å². The van der Waals surface area contributed by atoms with Crippen LogP contribution in [0.3, 0.4) is 0 Å². The van der Waals surface area contributed by atoms with Gasteiger partial charge >= 0.3 is 5.97 Å². The molecule has 4 heteroatoms. The highest BCUT2D eigenvalue weighted by Gasteiger charge is 2.29. The molecular weight excluding hydrogens is 242 g/mol. The number of hydrogen-bond acceptors (Lipinski definition) is 3. The highest BCUT2D eigenvalue weighted by molar-refractivity contribution is 5.73. The largest absolute Gasteiger partial charge is 0.496 e. The van der Waals surface area contributed by atoms with Gasteiger partial charge in [0.25, 0.3) is 0 Å². The summed E-state index contributed by atoms with van der Waals surface area (Å²) < 4.78 is 5.27. The lowest BCUT2D eigenvalue weighted by molar-refractivity contribution is -0.141. The Bertz CT molecular complexity index is 470. The van der Waals surface area contributed by atoms with Crippen LogP contribution >= 0.6 is 0 Å². The summed E-state index contributed by atoms with van der Waals surface area (Å²) in [6, 6.07) is 7.45. The predicted molar refractivity (Wildman–Crippen MR) is 74.3 cm³/mol. The molecule has 1 aliphatic rings. The molecule has 1 aromatic rings. The summed E-state index contributed by atoms with van der Waals surface area (Å²) in [4.78, 5) is 13.1. The summed E-state index contributed by atoms with van der Waals surface area (Å²) in [6.07, 6.45) is 5.69. The molecule has 0 aliphatic carbocycles. The van der Waals surface area contributed by atoms with Crippen molar-refractivity contribution in [2.45, 2.75) is 18.9 Å². The Kier molecular flexibility index (Phi) is 4.58. The van der Waals surface area contributed by atoms with Crippen LogP contribution in [-0.2, 0) is 4.79 Å². The Morgan fingerprint density at radius 3 is 3.05 bits per heavy atom. The highest BCUT2D eigenvalue weighted by Crippen LogP contribution is 2.20. The quantitative estimate of drug-likeness (QED) is 0.883. The van der Waals surface area contributed by atoms with Gasteiger partial charge in [0.15, 0.2) is 0 Å². The van der Waals surface area contributed by atoms with Crippen LogP contribution in [0.25, 0.3) is 6.08 Å². The molecule has 1 unspecified atom stereocenters. The lowest BCUT2D eigenvalue weighted by atomic mass is 10.2. The standard InChI is InChI=1S/C15H19NO3/c1-19-14-9-3-2-6-12(14)7-4-10-16-11-5-8-13(16)15(17)18/h2-4,6-7,9,13H,5,8,10-11H2,1H3,(H,17,18)/b7-4+. The van der Waals surface area contributed by atoms with Crippen molar-refractivity contribution in [1.82, 2.24) is 4.90 Å². The molecule has 2 rings (SSSR count). The molecule has 1 aromatic carbocycles.